The molecule has 0 saturated heterocycles. The van der Waals surface area contributed by atoms with Crippen LogP contribution in [0, 0.1) is 0 Å². The summed E-state index contributed by atoms with van der Waals surface area (Å²) < 4.78 is 51.6. The molecule has 3 aromatic rings. The van der Waals surface area contributed by atoms with E-state index in [-0.39, 0.29) is 23.1 Å². The molecule has 6 heteroatoms. The predicted molar refractivity (Wildman–Crippen MR) is 116 cm³/mol. The van der Waals surface area contributed by atoms with Gasteiger partial charge in [-0.1, -0.05) is 42.5 Å². The van der Waals surface area contributed by atoms with Crippen LogP contribution >= 0.6 is 0 Å². The Labute approximate surface area is 195 Å². The Bertz CT molecular complexity index is 1090. The smallest absolute Gasteiger partial charge is 0.416 e. The molecule has 1 aliphatic rings. The van der Waals surface area contributed by atoms with Crippen LogP contribution in [0.1, 0.15) is 36.1 Å². The zero-order valence-electron chi connectivity index (χ0n) is 17.4. The number of benzene rings is 3. The van der Waals surface area contributed by atoms with E-state index in [1.165, 1.54) is 12.1 Å². The first-order valence-electron chi connectivity index (χ1n) is 9.62. The van der Waals surface area contributed by atoms with Crippen molar-refractivity contribution < 1.29 is 22.6 Å². The molecule has 0 aromatic heterocycles. The van der Waals surface area contributed by atoms with Crippen molar-refractivity contribution in [1.29, 1.82) is 0 Å². The maximum Gasteiger partial charge on any atom is 0.416 e. The normalized spacial score (nSPS) is 14.5. The highest BCUT2D eigenvalue weighted by Gasteiger charge is 2.32. The number of fused-ring (bicyclic) bond motifs is 1. The van der Waals surface area contributed by atoms with Gasteiger partial charge in [-0.3, -0.25) is 0 Å². The first-order valence-corrected chi connectivity index (χ1v) is 9.62. The zero-order chi connectivity index (χ0) is 21.4. The maximum absolute atomic E-state index is 13.2. The second-order valence-corrected chi connectivity index (χ2v) is 7.77. The van der Waals surface area contributed by atoms with Crippen molar-refractivity contribution in [3.8, 4) is 11.5 Å². The molecule has 1 aliphatic heterocycles. The van der Waals surface area contributed by atoms with Crippen LogP contribution in [0.2, 0.25) is 0 Å². The van der Waals surface area contributed by atoms with E-state index in [0.29, 0.717) is 29.2 Å². The third-order valence-corrected chi connectivity index (χ3v) is 4.86. The van der Waals surface area contributed by atoms with Gasteiger partial charge < -0.3 is 9.47 Å². The van der Waals surface area contributed by atoms with E-state index in [9.17, 15) is 13.2 Å². The quantitative estimate of drug-likeness (QED) is 0.436. The van der Waals surface area contributed by atoms with E-state index in [1.807, 2.05) is 62.4 Å². The van der Waals surface area contributed by atoms with Crippen molar-refractivity contribution >= 4 is 28.6 Å². The summed E-state index contributed by atoms with van der Waals surface area (Å²) in [5, 5.41) is 0. The van der Waals surface area contributed by atoms with E-state index < -0.39 is 17.3 Å². The van der Waals surface area contributed by atoms with Crippen molar-refractivity contribution in [1.82, 2.24) is 0 Å². The third-order valence-electron chi connectivity index (χ3n) is 4.86. The van der Waals surface area contributed by atoms with Gasteiger partial charge >= 0.3 is 6.18 Å². The van der Waals surface area contributed by atoms with E-state index in [2.05, 4.69) is 0 Å². The van der Waals surface area contributed by atoms with Crippen molar-refractivity contribution in [2.75, 3.05) is 0 Å². The van der Waals surface area contributed by atoms with E-state index >= 15 is 0 Å². The van der Waals surface area contributed by atoms with Gasteiger partial charge in [-0.05, 0) is 60.9 Å². The van der Waals surface area contributed by atoms with Gasteiger partial charge in [0.25, 0.3) is 0 Å². The van der Waals surface area contributed by atoms with Crippen molar-refractivity contribution in [2.24, 2.45) is 0 Å². The summed E-state index contributed by atoms with van der Waals surface area (Å²) in [5.74, 6) is 1.22. The average molecular weight is 435 g/mol. The molecule has 0 amide bonds. The molecule has 0 bridgehead atoms. The van der Waals surface area contributed by atoms with Crippen LogP contribution in [-0.2, 0) is 12.8 Å². The Balaban J connectivity index is 0.00000272. The fourth-order valence-corrected chi connectivity index (χ4v) is 3.48. The van der Waals surface area contributed by atoms with E-state index in [1.54, 1.807) is 12.1 Å². The summed E-state index contributed by atoms with van der Waals surface area (Å²) >= 11 is 0. The van der Waals surface area contributed by atoms with Gasteiger partial charge in [0.2, 0.25) is 0 Å². The molecule has 0 atom stereocenters. The number of halogens is 3. The minimum Gasteiger partial charge on any atom is -0.489 e. The first kappa shape index (κ1) is 23.2. The topological polar surface area (TPSA) is 18.5 Å². The lowest BCUT2D eigenvalue weighted by Crippen LogP contribution is -2.29. The number of ether oxygens (including phenoxy) is 2. The van der Waals surface area contributed by atoms with Gasteiger partial charge in [0.15, 0.2) is 0 Å². The summed E-state index contributed by atoms with van der Waals surface area (Å²) in [6, 6.07) is 20.6. The summed E-state index contributed by atoms with van der Waals surface area (Å²) in [6.07, 6.45) is -2.54. The highest BCUT2D eigenvalue weighted by molar-refractivity contribution is 5.85. The van der Waals surface area contributed by atoms with Gasteiger partial charge in [0.05, 0.1) is 5.56 Å². The Morgan fingerprint density at radius 1 is 0.903 bits per heavy atom. The SMILES string of the molecule is CC1(C)C=C(c2cccc(C(F)(F)F)c2)c2ccc(OCc3ccccc3)cc2O1.[Mg]. The monoisotopic (exact) mass is 434 g/mol. The van der Waals surface area contributed by atoms with Gasteiger partial charge in [-0.2, -0.15) is 13.2 Å². The minimum atomic E-state index is -4.39. The minimum absolute atomic E-state index is 0. The lowest BCUT2D eigenvalue weighted by molar-refractivity contribution is -0.137. The van der Waals surface area contributed by atoms with Crippen LogP contribution < -0.4 is 9.47 Å². The van der Waals surface area contributed by atoms with E-state index in [4.69, 9.17) is 9.47 Å². The molecule has 0 spiro atoms. The highest BCUT2D eigenvalue weighted by Crippen LogP contribution is 2.42. The van der Waals surface area contributed by atoms with Crippen LogP contribution in [0.25, 0.3) is 5.57 Å². The number of alkyl halides is 3. The summed E-state index contributed by atoms with van der Waals surface area (Å²) in [6.45, 7) is 4.17. The molecular weight excluding hydrogens is 414 g/mol. The van der Waals surface area contributed by atoms with Gasteiger partial charge in [-0.25, -0.2) is 0 Å². The van der Waals surface area contributed by atoms with Crippen LogP contribution in [0.5, 0.6) is 11.5 Å². The molecule has 0 unspecified atom stereocenters. The van der Waals surface area contributed by atoms with Crippen LogP contribution in [0.15, 0.2) is 78.9 Å². The largest absolute Gasteiger partial charge is 0.489 e. The summed E-state index contributed by atoms with van der Waals surface area (Å²) in [5.41, 5.74) is 1.65. The standard InChI is InChI=1S/C25H21F3O2.Mg/c1-24(2)15-22(18-9-6-10-19(13-18)25(26,27)28)21-12-11-20(14-23(21)30-24)29-16-17-7-4-3-5-8-17;/h3-15H,16H2,1-2H3;. The molecular formula is C25H21F3MgO2. The van der Waals surface area contributed by atoms with Crippen LogP contribution in [-0.4, -0.2) is 28.7 Å². The first-order chi connectivity index (χ1) is 14.2. The molecule has 3 aromatic carbocycles. The Hall–Kier alpha value is -2.44. The molecule has 2 nitrogen and oxygen atoms in total. The van der Waals surface area contributed by atoms with Gasteiger partial charge in [0.1, 0.15) is 23.7 Å². The number of hydrogen-bond acceptors (Lipinski definition) is 2. The lowest BCUT2D eigenvalue weighted by Gasteiger charge is -2.31. The predicted octanol–water partition coefficient (Wildman–Crippen LogP) is 6.51. The van der Waals surface area contributed by atoms with E-state index in [0.717, 1.165) is 17.2 Å². The fraction of sp³-hybridized carbons (Fsp3) is 0.200. The van der Waals surface area contributed by atoms with Gasteiger partial charge in [0, 0.05) is 34.7 Å². The second kappa shape index (κ2) is 8.97. The number of hydrogen-bond donors (Lipinski definition) is 0. The molecule has 31 heavy (non-hydrogen) atoms. The van der Waals surface area contributed by atoms with Crippen molar-refractivity contribution in [3.05, 3.63) is 101 Å². The van der Waals surface area contributed by atoms with Crippen molar-refractivity contribution in [3.63, 3.8) is 0 Å². The second-order valence-electron chi connectivity index (χ2n) is 7.77. The summed E-state index contributed by atoms with van der Waals surface area (Å²) in [7, 11) is 0. The van der Waals surface area contributed by atoms with Crippen LogP contribution in [0.4, 0.5) is 13.2 Å². The Kier molecular flexibility index (Phi) is 6.72. The Morgan fingerprint density at radius 2 is 1.65 bits per heavy atom. The molecule has 156 valence electrons. The maximum atomic E-state index is 13.2. The third kappa shape index (κ3) is 5.43. The Morgan fingerprint density at radius 3 is 2.35 bits per heavy atom. The molecule has 1 heterocycles. The highest BCUT2D eigenvalue weighted by atomic mass is 24.3. The van der Waals surface area contributed by atoms with Crippen LogP contribution in [0.3, 0.4) is 0 Å². The molecule has 4 rings (SSSR count). The molecule has 0 fully saturated rings. The molecule has 0 saturated carbocycles. The summed E-state index contributed by atoms with van der Waals surface area (Å²) in [4.78, 5) is 0. The molecule has 2 radical (unpaired) electrons. The lowest BCUT2D eigenvalue weighted by atomic mass is 9.89. The molecule has 0 aliphatic carbocycles. The molecule has 0 N–H and O–H groups in total. The van der Waals surface area contributed by atoms with Gasteiger partial charge in [-0.15, -0.1) is 0 Å². The fourth-order valence-electron chi connectivity index (χ4n) is 3.48. The average Bonchev–Trinajstić information content (AvgIpc) is 2.71. The number of rotatable bonds is 4. The zero-order valence-corrected chi connectivity index (χ0v) is 18.8. The van der Waals surface area contributed by atoms with Crippen molar-refractivity contribution in [2.45, 2.75) is 32.2 Å².